The summed E-state index contributed by atoms with van der Waals surface area (Å²) >= 11 is 0. The molecule has 0 aromatic heterocycles. The van der Waals surface area contributed by atoms with Gasteiger partial charge in [0.15, 0.2) is 0 Å². The topological polar surface area (TPSA) is 96.5 Å². The molecule has 0 aliphatic heterocycles. The van der Waals surface area contributed by atoms with E-state index in [4.69, 9.17) is 4.74 Å². The maximum Gasteiger partial charge on any atom is 0.261 e. The lowest BCUT2D eigenvalue weighted by Crippen LogP contribution is -2.55. The molecule has 0 saturated heterocycles. The number of ether oxygens (including phenoxy) is 1. The molecule has 180 valence electrons. The van der Waals surface area contributed by atoms with Gasteiger partial charge in [-0.15, -0.1) is 0 Å². The first kappa shape index (κ1) is 23.6. The fourth-order valence-electron chi connectivity index (χ4n) is 6.73. The van der Waals surface area contributed by atoms with Crippen LogP contribution < -0.4 is 20.9 Å². The molecule has 3 amide bonds. The third-order valence-corrected chi connectivity index (χ3v) is 7.69. The van der Waals surface area contributed by atoms with E-state index in [-0.39, 0.29) is 23.1 Å². The number of benzene rings is 1. The molecule has 5 rings (SSSR count). The molecule has 1 aromatic rings. The summed E-state index contributed by atoms with van der Waals surface area (Å²) in [4.78, 5) is 38.2. The lowest BCUT2D eigenvalue weighted by atomic mass is 9.49. The summed E-state index contributed by atoms with van der Waals surface area (Å²) in [5.41, 5.74) is 5.74. The smallest absolute Gasteiger partial charge is 0.261 e. The van der Waals surface area contributed by atoms with Crippen molar-refractivity contribution in [2.75, 3.05) is 6.61 Å². The van der Waals surface area contributed by atoms with E-state index in [0.717, 1.165) is 37.0 Å². The molecular weight excluding hydrogens is 418 g/mol. The number of carbonyl (C=O) groups is 3. The summed E-state index contributed by atoms with van der Waals surface area (Å²) in [5, 5.41) is 2.79. The van der Waals surface area contributed by atoms with Gasteiger partial charge in [-0.05, 0) is 98.8 Å². The van der Waals surface area contributed by atoms with Crippen LogP contribution in [0, 0.1) is 29.1 Å². The average Bonchev–Trinajstić information content (AvgIpc) is 2.75. The van der Waals surface area contributed by atoms with Crippen molar-refractivity contribution in [1.29, 1.82) is 0 Å². The van der Waals surface area contributed by atoms with Crippen molar-refractivity contribution >= 4 is 17.7 Å². The second-order valence-corrected chi connectivity index (χ2v) is 10.8. The minimum atomic E-state index is -0.760. The monoisotopic (exact) mass is 455 g/mol. The van der Waals surface area contributed by atoms with Crippen molar-refractivity contribution in [1.82, 2.24) is 16.2 Å². The van der Waals surface area contributed by atoms with Crippen LogP contribution in [0.25, 0.3) is 0 Å². The molecule has 0 unspecified atom stereocenters. The fourth-order valence-corrected chi connectivity index (χ4v) is 6.73. The van der Waals surface area contributed by atoms with Gasteiger partial charge in [-0.3, -0.25) is 25.2 Å². The average molecular weight is 456 g/mol. The molecule has 0 spiro atoms. The third kappa shape index (κ3) is 5.50. The van der Waals surface area contributed by atoms with Crippen LogP contribution >= 0.6 is 0 Å². The maximum absolute atomic E-state index is 12.8. The van der Waals surface area contributed by atoms with Crippen molar-refractivity contribution in [2.24, 2.45) is 29.1 Å². The highest BCUT2D eigenvalue weighted by atomic mass is 16.5. The Morgan fingerprint density at radius 2 is 1.55 bits per heavy atom. The Balaban J connectivity index is 1.29. The molecule has 7 nitrogen and oxygen atoms in total. The van der Waals surface area contributed by atoms with Crippen LogP contribution in [0.1, 0.15) is 76.1 Å². The van der Waals surface area contributed by atoms with E-state index < -0.39 is 11.9 Å². The summed E-state index contributed by atoms with van der Waals surface area (Å²) in [6.07, 6.45) is 7.92. The lowest BCUT2D eigenvalue weighted by molar-refractivity contribution is -0.135. The molecule has 1 atom stereocenters. The van der Waals surface area contributed by atoms with Crippen LogP contribution in [-0.4, -0.2) is 30.4 Å². The zero-order valence-corrected chi connectivity index (χ0v) is 20.0. The summed E-state index contributed by atoms with van der Waals surface area (Å²) in [5.74, 6) is 2.00. The highest BCUT2D eigenvalue weighted by Gasteiger charge is 2.51. The van der Waals surface area contributed by atoms with E-state index in [1.807, 2.05) is 20.8 Å². The van der Waals surface area contributed by atoms with Crippen molar-refractivity contribution in [3.8, 4) is 5.75 Å². The van der Waals surface area contributed by atoms with Crippen molar-refractivity contribution in [3.63, 3.8) is 0 Å². The van der Waals surface area contributed by atoms with Gasteiger partial charge < -0.3 is 10.1 Å². The van der Waals surface area contributed by atoms with Crippen molar-refractivity contribution in [2.45, 2.75) is 71.8 Å². The van der Waals surface area contributed by atoms with Crippen LogP contribution in [0.4, 0.5) is 0 Å². The Hall–Kier alpha value is -2.57. The first-order valence-electron chi connectivity index (χ1n) is 12.4. The third-order valence-electron chi connectivity index (χ3n) is 7.69. The number of hydrazine groups is 1. The molecule has 0 radical (unpaired) electrons. The van der Waals surface area contributed by atoms with E-state index in [2.05, 4.69) is 16.2 Å². The van der Waals surface area contributed by atoms with E-state index in [0.29, 0.717) is 24.3 Å². The molecule has 4 saturated carbocycles. The molecule has 3 N–H and O–H groups in total. The number of carbonyl (C=O) groups excluding carboxylic acids is 3. The summed E-state index contributed by atoms with van der Waals surface area (Å²) in [7, 11) is 0. The van der Waals surface area contributed by atoms with Gasteiger partial charge in [0.1, 0.15) is 11.8 Å². The van der Waals surface area contributed by atoms with E-state index >= 15 is 0 Å². The van der Waals surface area contributed by atoms with Crippen LogP contribution in [0.15, 0.2) is 24.3 Å². The summed E-state index contributed by atoms with van der Waals surface area (Å²) < 4.78 is 5.40. The first-order valence-corrected chi connectivity index (χ1v) is 12.4. The van der Waals surface area contributed by atoms with Gasteiger partial charge in [-0.1, -0.05) is 13.8 Å². The zero-order chi connectivity index (χ0) is 23.6. The minimum absolute atomic E-state index is 0.114. The molecule has 4 bridgehead atoms. The summed E-state index contributed by atoms with van der Waals surface area (Å²) in [6.45, 7) is 6.17. The molecule has 4 fully saturated rings. The molecule has 33 heavy (non-hydrogen) atoms. The van der Waals surface area contributed by atoms with Gasteiger partial charge in [0, 0.05) is 12.0 Å². The zero-order valence-electron chi connectivity index (χ0n) is 20.0. The van der Waals surface area contributed by atoms with Gasteiger partial charge in [0.25, 0.3) is 11.8 Å². The van der Waals surface area contributed by atoms with Crippen LogP contribution in [0.5, 0.6) is 5.75 Å². The Morgan fingerprint density at radius 1 is 0.970 bits per heavy atom. The van der Waals surface area contributed by atoms with Crippen LogP contribution in [0.2, 0.25) is 0 Å². The van der Waals surface area contributed by atoms with Gasteiger partial charge >= 0.3 is 0 Å². The number of amides is 3. The molecule has 1 aromatic carbocycles. The molecule has 4 aliphatic rings. The van der Waals surface area contributed by atoms with Gasteiger partial charge in [0.05, 0.1) is 6.61 Å². The maximum atomic E-state index is 12.8. The Labute approximate surface area is 196 Å². The van der Waals surface area contributed by atoms with Crippen molar-refractivity contribution in [3.05, 3.63) is 29.8 Å². The van der Waals surface area contributed by atoms with E-state index in [1.165, 1.54) is 19.3 Å². The Morgan fingerprint density at radius 3 is 2.06 bits per heavy atom. The van der Waals surface area contributed by atoms with Crippen LogP contribution in [-0.2, 0) is 9.59 Å². The number of rotatable bonds is 8. The number of hydrogen-bond acceptors (Lipinski definition) is 4. The highest BCUT2D eigenvalue weighted by molar-refractivity contribution is 5.98. The van der Waals surface area contributed by atoms with Gasteiger partial charge in [-0.2, -0.15) is 0 Å². The second-order valence-electron chi connectivity index (χ2n) is 10.8. The SMILES string of the molecule is CCOc1ccc(C(=O)N[C@@H](C(=O)NNC(=O)CC23CC4CC(CC(C4)C2)C3)C(C)C)cc1. The van der Waals surface area contributed by atoms with Gasteiger partial charge in [-0.25, -0.2) is 0 Å². The molecule has 4 aliphatic carbocycles. The second kappa shape index (κ2) is 9.74. The molecule has 7 heteroatoms. The number of hydrogen-bond donors (Lipinski definition) is 3. The largest absolute Gasteiger partial charge is 0.494 e. The van der Waals surface area contributed by atoms with Gasteiger partial charge in [0.2, 0.25) is 5.91 Å². The Bertz CT molecular complexity index is 845. The normalized spacial score (nSPS) is 28.3. The van der Waals surface area contributed by atoms with Crippen molar-refractivity contribution < 1.29 is 19.1 Å². The first-order chi connectivity index (χ1) is 15.8. The minimum Gasteiger partial charge on any atom is -0.494 e. The molecule has 0 heterocycles. The highest BCUT2D eigenvalue weighted by Crippen LogP contribution is 2.61. The predicted molar refractivity (Wildman–Crippen MR) is 125 cm³/mol. The number of nitrogens with one attached hydrogen (secondary N) is 3. The molecular formula is C26H37N3O4. The van der Waals surface area contributed by atoms with E-state index in [1.54, 1.807) is 24.3 Å². The Kier molecular flexibility index (Phi) is 6.96. The van der Waals surface area contributed by atoms with Crippen LogP contribution in [0.3, 0.4) is 0 Å². The fraction of sp³-hybridized carbons (Fsp3) is 0.654. The summed E-state index contributed by atoms with van der Waals surface area (Å²) in [6, 6.07) is 6.04. The predicted octanol–water partition coefficient (Wildman–Crippen LogP) is 3.59. The quantitative estimate of drug-likeness (QED) is 0.522. The van der Waals surface area contributed by atoms with E-state index in [9.17, 15) is 14.4 Å². The lowest BCUT2D eigenvalue weighted by Gasteiger charge is -2.56. The standard InChI is InChI=1S/C26H37N3O4/c1-4-33-21-7-5-20(6-8-21)24(31)27-23(16(2)3)25(32)29-28-22(30)15-26-12-17-9-18(13-26)11-19(10-17)14-26/h5-8,16-19,23H,4,9-15H2,1-3H3,(H,27,31)(H,28,30)(H,29,32)/t17?,18?,19?,23-,26?/m1/s1.